The van der Waals surface area contributed by atoms with Crippen LogP contribution in [0.25, 0.3) is 0 Å². The van der Waals surface area contributed by atoms with Crippen LogP contribution in [0.3, 0.4) is 0 Å². The summed E-state index contributed by atoms with van der Waals surface area (Å²) in [6.45, 7) is -0.118. The minimum absolute atomic E-state index is 0.0268. The summed E-state index contributed by atoms with van der Waals surface area (Å²) in [6.07, 6.45) is -4.61. The van der Waals surface area contributed by atoms with Crippen LogP contribution in [-0.4, -0.2) is 180 Å². The van der Waals surface area contributed by atoms with Crippen LogP contribution in [0.5, 0.6) is 17.2 Å². The van der Waals surface area contributed by atoms with Gasteiger partial charge in [-0.05, 0) is 85.7 Å². The van der Waals surface area contributed by atoms with Crippen molar-refractivity contribution in [2.24, 2.45) is 22.9 Å². The van der Waals surface area contributed by atoms with E-state index in [1.165, 1.54) is 72.8 Å². The lowest BCUT2D eigenvalue weighted by Crippen LogP contribution is -2.61. The minimum atomic E-state index is -1.95. The van der Waals surface area contributed by atoms with Gasteiger partial charge in [-0.25, -0.2) is 4.79 Å². The number of phenols is 3. The van der Waals surface area contributed by atoms with Crippen LogP contribution in [0.2, 0.25) is 0 Å². The molecule has 0 aliphatic carbocycles. The van der Waals surface area contributed by atoms with Gasteiger partial charge < -0.3 is 95.7 Å². The predicted molar refractivity (Wildman–Crippen MR) is 289 cm³/mol. The maximum atomic E-state index is 14.6. The molecule has 30 heteroatoms. The van der Waals surface area contributed by atoms with E-state index in [9.17, 15) is 88.2 Å². The van der Waals surface area contributed by atoms with Crippen molar-refractivity contribution in [3.63, 3.8) is 0 Å². The molecule has 30 nitrogen and oxygen atoms in total. The van der Waals surface area contributed by atoms with E-state index in [1.54, 1.807) is 0 Å². The van der Waals surface area contributed by atoms with Crippen molar-refractivity contribution in [1.82, 2.24) is 42.1 Å². The molecule has 11 amide bonds. The van der Waals surface area contributed by atoms with Crippen LogP contribution in [0.4, 0.5) is 0 Å². The molecule has 1 saturated heterocycles. The molecule has 1 aliphatic heterocycles. The Morgan fingerprint density at radius 2 is 0.928 bits per heavy atom. The fourth-order valence-corrected chi connectivity index (χ4v) is 8.59. The second-order valence-electron chi connectivity index (χ2n) is 19.7. The van der Waals surface area contributed by atoms with Gasteiger partial charge in [0.1, 0.15) is 59.5 Å². The van der Waals surface area contributed by atoms with Gasteiger partial charge in [-0.1, -0.05) is 36.4 Å². The fraction of sp³-hybridized carbons (Fsp3) is 0.434. The number of carbonyl (C=O) groups excluding carboxylic acids is 11. The van der Waals surface area contributed by atoms with Gasteiger partial charge in [0.05, 0.1) is 25.2 Å². The molecule has 450 valence electrons. The summed E-state index contributed by atoms with van der Waals surface area (Å²) in [4.78, 5) is 160. The Hall–Kier alpha value is -9.42. The number of nitrogens with two attached hydrogens (primary N) is 4. The maximum absolute atomic E-state index is 14.6. The number of nitrogens with zero attached hydrogens (tertiary/aromatic N) is 1. The molecule has 0 saturated carbocycles. The van der Waals surface area contributed by atoms with E-state index in [-0.39, 0.29) is 68.7 Å². The van der Waals surface area contributed by atoms with Crippen LogP contribution in [0, 0.1) is 0 Å². The highest BCUT2D eigenvalue weighted by Gasteiger charge is 2.41. The van der Waals surface area contributed by atoms with Crippen molar-refractivity contribution in [3.05, 3.63) is 89.5 Å². The monoisotopic (exact) mass is 1160 g/mol. The summed E-state index contributed by atoms with van der Waals surface area (Å²) in [5.41, 5.74) is 22.9. The Labute approximate surface area is 474 Å². The third kappa shape index (κ3) is 21.2. The summed E-state index contributed by atoms with van der Waals surface area (Å²) in [6, 6.07) is 1.46. The van der Waals surface area contributed by atoms with E-state index < -0.39 is 157 Å². The van der Waals surface area contributed by atoms with E-state index in [1.807, 2.05) is 0 Å². The number of carboxylic acid groups (broad SMARTS) is 1. The predicted octanol–water partition coefficient (Wildman–Crippen LogP) is -5.59. The summed E-state index contributed by atoms with van der Waals surface area (Å²) < 4.78 is 0. The number of aliphatic carboxylic acids is 1. The molecule has 1 fully saturated rings. The molecule has 4 rings (SSSR count). The number of hydrogen-bond acceptors (Lipinski definition) is 18. The van der Waals surface area contributed by atoms with Gasteiger partial charge in [0.2, 0.25) is 65.0 Å². The lowest BCUT2D eigenvalue weighted by molar-refractivity contribution is -0.145. The fourth-order valence-electron chi connectivity index (χ4n) is 8.59. The summed E-state index contributed by atoms with van der Waals surface area (Å²) in [5, 5.41) is 76.4. The number of carbonyl (C=O) groups is 12. The second kappa shape index (κ2) is 31.5. The molecule has 0 aromatic heterocycles. The van der Waals surface area contributed by atoms with Crippen LogP contribution in [0.15, 0.2) is 72.8 Å². The maximum Gasteiger partial charge on any atom is 0.328 e. The Morgan fingerprint density at radius 1 is 0.530 bits per heavy atom. The summed E-state index contributed by atoms with van der Waals surface area (Å²) >= 11 is 0. The van der Waals surface area contributed by atoms with Crippen molar-refractivity contribution in [3.8, 4) is 17.2 Å². The molecular formula is C53H70N12O18. The van der Waals surface area contributed by atoms with Crippen molar-refractivity contribution in [2.75, 3.05) is 13.2 Å². The van der Waals surface area contributed by atoms with E-state index >= 15 is 0 Å². The van der Waals surface area contributed by atoms with Gasteiger partial charge in [-0.3, -0.25) is 52.7 Å². The summed E-state index contributed by atoms with van der Waals surface area (Å²) in [5.74, 6) is -13.3. The molecule has 0 spiro atoms. The third-order valence-corrected chi connectivity index (χ3v) is 13.1. The third-order valence-electron chi connectivity index (χ3n) is 13.1. The highest BCUT2D eigenvalue weighted by molar-refractivity contribution is 5.99. The smallest absolute Gasteiger partial charge is 0.328 e. The number of nitrogens with one attached hydrogen (secondary N) is 7. The lowest BCUT2D eigenvalue weighted by atomic mass is 10.0. The number of aliphatic hydroxyl groups excluding tert-OH is 2. The first-order chi connectivity index (χ1) is 39.1. The van der Waals surface area contributed by atoms with Crippen LogP contribution in [-0.2, 0) is 76.8 Å². The lowest BCUT2D eigenvalue weighted by Gasteiger charge is -2.31. The van der Waals surface area contributed by atoms with Crippen LogP contribution in [0.1, 0.15) is 68.6 Å². The van der Waals surface area contributed by atoms with Crippen molar-refractivity contribution < 1.29 is 88.2 Å². The van der Waals surface area contributed by atoms with Gasteiger partial charge >= 0.3 is 5.97 Å². The number of aromatic hydroxyl groups is 3. The molecule has 1 heterocycles. The summed E-state index contributed by atoms with van der Waals surface area (Å²) in [7, 11) is 0. The molecule has 0 unspecified atom stereocenters. The first-order valence-electron chi connectivity index (χ1n) is 26.0. The molecule has 0 bridgehead atoms. The topological polar surface area (TPSA) is 518 Å². The van der Waals surface area contributed by atoms with E-state index in [2.05, 4.69) is 37.2 Å². The molecular weight excluding hydrogens is 1090 g/mol. The van der Waals surface area contributed by atoms with Crippen molar-refractivity contribution in [2.45, 2.75) is 132 Å². The average molecular weight is 1160 g/mol. The number of likely N-dealkylation sites (tertiary alicyclic amines) is 1. The molecule has 10 atom stereocenters. The van der Waals surface area contributed by atoms with E-state index in [4.69, 9.17) is 22.9 Å². The van der Waals surface area contributed by atoms with Gasteiger partial charge in [0.15, 0.2) is 6.04 Å². The Balaban J connectivity index is 1.60. The number of aliphatic hydroxyl groups is 2. The van der Waals surface area contributed by atoms with Crippen LogP contribution >= 0.6 is 0 Å². The van der Waals surface area contributed by atoms with Crippen molar-refractivity contribution in [1.29, 1.82) is 0 Å². The zero-order valence-electron chi connectivity index (χ0n) is 45.0. The minimum Gasteiger partial charge on any atom is -0.508 e. The zero-order chi connectivity index (χ0) is 61.7. The zero-order valence-corrected chi connectivity index (χ0v) is 45.0. The molecule has 83 heavy (non-hydrogen) atoms. The standard InChI is InChI=1S/C53H70N12O18/c1-26(67)44(53(82)83)64-49(78)36(22-28-6-12-31(69)13-7-28)61-51(80)40-3-2-20-65(40)52(81)38(23-29-8-14-32(70)15-9-29)62-50(79)39(25-66)63-48(77)37(24-43(57)73)60-47(76)35(21-27-4-10-30(68)11-5-27)59-46(75)34(17-19-42(56)72)58-45(74)33(54)16-18-41(55)71/h4-15,26,33-40,44,66-70H,2-3,16-25,54H2,1H3,(H2,55,71)(H2,56,72)(H2,57,73)(H,58,74)(H,59,75)(H,60,76)(H,61,80)(H,62,79)(H,63,77)(H,64,78)(H,82,83)/t26-,33+,34+,35+,36+,37+,38+,39+,40+,44+/m1/s1. The number of primary amides is 3. The molecule has 0 radical (unpaired) electrons. The highest BCUT2D eigenvalue weighted by atomic mass is 16.4. The number of rotatable bonds is 32. The molecule has 3 aromatic carbocycles. The van der Waals surface area contributed by atoms with Gasteiger partial charge in [-0.15, -0.1) is 0 Å². The first-order valence-corrected chi connectivity index (χ1v) is 26.0. The number of carboxylic acids is 1. The van der Waals surface area contributed by atoms with Crippen molar-refractivity contribution >= 4 is 70.9 Å². The average Bonchev–Trinajstić information content (AvgIpc) is 4.22. The van der Waals surface area contributed by atoms with Gasteiger partial charge in [-0.2, -0.15) is 0 Å². The van der Waals surface area contributed by atoms with E-state index in [0.29, 0.717) is 16.7 Å². The molecule has 3 aromatic rings. The number of hydrogen-bond donors (Lipinski definition) is 17. The second-order valence-corrected chi connectivity index (χ2v) is 19.7. The SMILES string of the molecule is C[C@@H](O)[C@H](NC(=O)[C@H](Cc1ccc(O)cc1)NC(=O)[C@@H]1CCCN1C(=O)[C@H](Cc1ccc(O)cc1)NC(=O)[C@H](CO)NC(=O)[C@H](CC(N)=O)NC(=O)[C@H](Cc1ccc(O)cc1)NC(=O)[C@H](CCC(N)=O)NC(=O)[C@@H](N)CCC(N)=O)C(=O)O. The molecule has 21 N–H and O–H groups in total. The van der Waals surface area contributed by atoms with Gasteiger partial charge in [0.25, 0.3) is 0 Å². The number of phenolic OH excluding ortho intramolecular Hbond substituents is 3. The number of amides is 11. The normalized spacial score (nSPS) is 16.1. The Morgan fingerprint density at radius 3 is 1.40 bits per heavy atom. The molecule has 1 aliphatic rings. The van der Waals surface area contributed by atoms with E-state index in [0.717, 1.165) is 11.8 Å². The Bertz CT molecular complexity index is 2820. The highest BCUT2D eigenvalue weighted by Crippen LogP contribution is 2.22. The number of benzene rings is 3. The Kier molecular flexibility index (Phi) is 25.1. The quantitative estimate of drug-likeness (QED) is 0.0277. The van der Waals surface area contributed by atoms with Gasteiger partial charge in [0, 0.05) is 38.6 Å². The largest absolute Gasteiger partial charge is 0.508 e. The first kappa shape index (κ1) is 66.1. The van der Waals surface area contributed by atoms with Crippen LogP contribution < -0.4 is 60.2 Å².